The summed E-state index contributed by atoms with van der Waals surface area (Å²) < 4.78 is 11.3. The number of hydrogen-bond donors (Lipinski definition) is 0. The molecule has 7 heteroatoms. The molecule has 1 aliphatic carbocycles. The van der Waals surface area contributed by atoms with Crippen molar-refractivity contribution in [1.29, 1.82) is 0 Å². The Bertz CT molecular complexity index is 713. The van der Waals surface area contributed by atoms with Crippen LogP contribution in [-0.2, 0) is 11.2 Å². The second kappa shape index (κ2) is 8.22. The maximum Gasteiger partial charge on any atom is 0.226 e. The van der Waals surface area contributed by atoms with Crippen LogP contribution in [0.3, 0.4) is 0 Å². The summed E-state index contributed by atoms with van der Waals surface area (Å²) in [6.45, 7) is 5.75. The molecule has 1 unspecified atom stereocenters. The van der Waals surface area contributed by atoms with Gasteiger partial charge in [-0.1, -0.05) is 31.3 Å². The molecule has 0 amide bonds. The van der Waals surface area contributed by atoms with Crippen molar-refractivity contribution in [3.05, 3.63) is 24.1 Å². The first-order valence-electron chi connectivity index (χ1n) is 9.80. The summed E-state index contributed by atoms with van der Waals surface area (Å²) in [5, 5.41) is 4.09. The van der Waals surface area contributed by atoms with Crippen LogP contribution in [0.1, 0.15) is 56.7 Å². The number of rotatable bonds is 5. The van der Waals surface area contributed by atoms with Gasteiger partial charge in [0.2, 0.25) is 11.7 Å². The van der Waals surface area contributed by atoms with Gasteiger partial charge in [0.25, 0.3) is 0 Å². The molecule has 0 N–H and O–H groups in total. The summed E-state index contributed by atoms with van der Waals surface area (Å²) in [7, 11) is 0. The average Bonchev–Trinajstić information content (AvgIpc) is 3.18. The van der Waals surface area contributed by atoms with E-state index in [2.05, 4.69) is 25.0 Å². The average molecular weight is 357 g/mol. The van der Waals surface area contributed by atoms with Crippen LogP contribution in [0.15, 0.2) is 17.0 Å². The van der Waals surface area contributed by atoms with E-state index in [0.717, 1.165) is 36.9 Å². The van der Waals surface area contributed by atoms with Gasteiger partial charge in [-0.15, -0.1) is 0 Å². The van der Waals surface area contributed by atoms with Gasteiger partial charge in [-0.25, -0.2) is 9.97 Å². The highest BCUT2D eigenvalue weighted by molar-refractivity contribution is 5.56. The van der Waals surface area contributed by atoms with Gasteiger partial charge < -0.3 is 9.26 Å². The van der Waals surface area contributed by atoms with Crippen molar-refractivity contribution >= 4 is 0 Å². The molecule has 26 heavy (non-hydrogen) atoms. The molecule has 0 aromatic carbocycles. The Hall–Kier alpha value is -1.86. The van der Waals surface area contributed by atoms with Crippen LogP contribution in [0.25, 0.3) is 11.4 Å². The Morgan fingerprint density at radius 3 is 2.92 bits per heavy atom. The minimum absolute atomic E-state index is 0.0751. The number of morpholine rings is 1. The molecule has 0 radical (unpaired) electrons. The smallest absolute Gasteiger partial charge is 0.226 e. The molecule has 1 saturated carbocycles. The van der Waals surface area contributed by atoms with Crippen LogP contribution >= 0.6 is 0 Å². The Balaban J connectivity index is 1.49. The second-order valence-corrected chi connectivity index (χ2v) is 7.31. The van der Waals surface area contributed by atoms with Crippen molar-refractivity contribution in [3.8, 4) is 11.4 Å². The van der Waals surface area contributed by atoms with Crippen LogP contribution in [0.2, 0.25) is 0 Å². The Morgan fingerprint density at radius 1 is 1.23 bits per heavy atom. The van der Waals surface area contributed by atoms with Crippen molar-refractivity contribution in [1.82, 2.24) is 25.0 Å². The molecular weight excluding hydrogens is 330 g/mol. The molecular formula is C19H27N5O2. The van der Waals surface area contributed by atoms with E-state index in [1.165, 1.54) is 38.6 Å². The summed E-state index contributed by atoms with van der Waals surface area (Å²) in [5.74, 6) is 2.00. The van der Waals surface area contributed by atoms with Gasteiger partial charge in [0.05, 0.1) is 17.9 Å². The number of hydrogen-bond acceptors (Lipinski definition) is 7. The van der Waals surface area contributed by atoms with E-state index in [1.807, 2.05) is 6.92 Å². The van der Waals surface area contributed by atoms with Crippen LogP contribution < -0.4 is 0 Å². The zero-order valence-electron chi connectivity index (χ0n) is 15.4. The standard InChI is InChI=1S/C19H27N5O2/c1-2-17-22-19(23-26-17)15-10-20-13-21-18(15)16-12-24(8-9-25-16)11-14-6-4-3-5-7-14/h10,13-14,16H,2-9,11-12H2,1H3. The minimum atomic E-state index is -0.0751. The van der Waals surface area contributed by atoms with Gasteiger partial charge in [-0.3, -0.25) is 4.90 Å². The lowest BCUT2D eigenvalue weighted by Crippen LogP contribution is -2.41. The van der Waals surface area contributed by atoms with Crippen LogP contribution in [0.4, 0.5) is 0 Å². The van der Waals surface area contributed by atoms with E-state index < -0.39 is 0 Å². The first-order chi connectivity index (χ1) is 12.8. The molecule has 2 aromatic rings. The lowest BCUT2D eigenvalue weighted by molar-refractivity contribution is -0.0377. The molecule has 0 bridgehead atoms. The van der Waals surface area contributed by atoms with Gasteiger partial charge in [0.1, 0.15) is 12.4 Å². The van der Waals surface area contributed by atoms with Crippen molar-refractivity contribution in [2.45, 2.75) is 51.6 Å². The Kier molecular flexibility index (Phi) is 5.55. The number of aromatic nitrogens is 4. The van der Waals surface area contributed by atoms with Gasteiger partial charge in [0.15, 0.2) is 0 Å². The summed E-state index contributed by atoms with van der Waals surface area (Å²) in [4.78, 5) is 15.6. The second-order valence-electron chi connectivity index (χ2n) is 7.31. The van der Waals surface area contributed by atoms with Gasteiger partial charge in [-0.2, -0.15) is 4.98 Å². The largest absolute Gasteiger partial charge is 0.369 e. The highest BCUT2D eigenvalue weighted by Crippen LogP contribution is 2.30. The Morgan fingerprint density at radius 2 is 2.12 bits per heavy atom. The van der Waals surface area contributed by atoms with Crippen LogP contribution in [0, 0.1) is 5.92 Å². The summed E-state index contributed by atoms with van der Waals surface area (Å²) in [5.41, 5.74) is 1.66. The van der Waals surface area contributed by atoms with Crippen molar-refractivity contribution in [2.75, 3.05) is 26.2 Å². The maximum atomic E-state index is 6.06. The SMILES string of the molecule is CCc1nc(-c2cncnc2C2CN(CC3CCCCC3)CCO2)no1. The van der Waals surface area contributed by atoms with E-state index in [-0.39, 0.29) is 6.10 Å². The monoisotopic (exact) mass is 357 g/mol. The minimum Gasteiger partial charge on any atom is -0.369 e. The molecule has 1 atom stereocenters. The normalized spacial score (nSPS) is 22.6. The van der Waals surface area contributed by atoms with Crippen molar-refractivity contribution in [3.63, 3.8) is 0 Å². The van der Waals surface area contributed by atoms with Crippen LogP contribution in [-0.4, -0.2) is 51.2 Å². The molecule has 2 aliphatic rings. The molecule has 1 aliphatic heterocycles. The number of ether oxygens (including phenoxy) is 1. The molecule has 7 nitrogen and oxygen atoms in total. The highest BCUT2D eigenvalue weighted by Gasteiger charge is 2.28. The zero-order chi connectivity index (χ0) is 17.8. The molecule has 1 saturated heterocycles. The topological polar surface area (TPSA) is 77.2 Å². The third-order valence-electron chi connectivity index (χ3n) is 5.45. The summed E-state index contributed by atoms with van der Waals surface area (Å²) in [6.07, 6.45) is 10.9. The number of aryl methyl sites for hydroxylation is 1. The molecule has 3 heterocycles. The van der Waals surface area contributed by atoms with E-state index in [1.54, 1.807) is 12.5 Å². The first-order valence-corrected chi connectivity index (χ1v) is 9.80. The number of nitrogens with zero attached hydrogens (tertiary/aromatic N) is 5. The van der Waals surface area contributed by atoms with E-state index in [0.29, 0.717) is 18.1 Å². The fourth-order valence-electron chi connectivity index (χ4n) is 4.04. The summed E-state index contributed by atoms with van der Waals surface area (Å²) >= 11 is 0. The predicted octanol–water partition coefficient (Wildman–Crippen LogP) is 3.04. The van der Waals surface area contributed by atoms with Crippen molar-refractivity contribution in [2.24, 2.45) is 5.92 Å². The van der Waals surface area contributed by atoms with Gasteiger partial charge in [-0.05, 0) is 18.8 Å². The van der Waals surface area contributed by atoms with Crippen molar-refractivity contribution < 1.29 is 9.26 Å². The molecule has 2 fully saturated rings. The highest BCUT2D eigenvalue weighted by atomic mass is 16.5. The quantitative estimate of drug-likeness (QED) is 0.814. The molecule has 0 spiro atoms. The lowest BCUT2D eigenvalue weighted by Gasteiger charge is -2.36. The fraction of sp³-hybridized carbons (Fsp3) is 0.684. The lowest BCUT2D eigenvalue weighted by atomic mass is 9.89. The maximum absolute atomic E-state index is 6.06. The summed E-state index contributed by atoms with van der Waals surface area (Å²) in [6, 6.07) is 0. The zero-order valence-corrected chi connectivity index (χ0v) is 15.4. The Labute approximate surface area is 154 Å². The van der Waals surface area contributed by atoms with E-state index in [4.69, 9.17) is 9.26 Å². The van der Waals surface area contributed by atoms with Gasteiger partial charge >= 0.3 is 0 Å². The molecule has 4 rings (SSSR count). The molecule has 2 aromatic heterocycles. The third-order valence-corrected chi connectivity index (χ3v) is 5.45. The van der Waals surface area contributed by atoms with E-state index in [9.17, 15) is 0 Å². The molecule has 140 valence electrons. The third kappa shape index (κ3) is 3.94. The van der Waals surface area contributed by atoms with Crippen LogP contribution in [0.5, 0.6) is 0 Å². The first kappa shape index (κ1) is 17.5. The van der Waals surface area contributed by atoms with Gasteiger partial charge in [0, 0.05) is 32.3 Å². The predicted molar refractivity (Wildman–Crippen MR) is 96.4 cm³/mol. The fourth-order valence-corrected chi connectivity index (χ4v) is 4.04. The van der Waals surface area contributed by atoms with E-state index >= 15 is 0 Å².